The van der Waals surface area contributed by atoms with Crippen LogP contribution in [0.4, 0.5) is 0 Å². The Kier molecular flexibility index (Phi) is 2.72. The molecule has 82 valence electrons. The molecule has 1 aromatic heterocycles. The fourth-order valence-corrected chi connectivity index (χ4v) is 2.61. The van der Waals surface area contributed by atoms with E-state index in [4.69, 9.17) is 0 Å². The van der Waals surface area contributed by atoms with Crippen molar-refractivity contribution in [3.05, 3.63) is 52.5 Å². The smallest absolute Gasteiger partial charge is 0.0795 e. The summed E-state index contributed by atoms with van der Waals surface area (Å²) in [6.45, 7) is 0.900. The van der Waals surface area contributed by atoms with E-state index in [2.05, 4.69) is 46.0 Å². The van der Waals surface area contributed by atoms with Crippen molar-refractivity contribution in [3.63, 3.8) is 0 Å². The van der Waals surface area contributed by atoms with Crippen LogP contribution in [0.15, 0.2) is 41.2 Å². The number of hydrogen-bond acceptors (Lipinski definition) is 3. The Labute approximate surface area is 99.4 Å². The SMILES string of the molecule is c1ccc(C2CC2NCc2cscn2)cc1. The van der Waals surface area contributed by atoms with Gasteiger partial charge in [0.25, 0.3) is 0 Å². The van der Waals surface area contributed by atoms with Crippen LogP contribution in [0.5, 0.6) is 0 Å². The normalized spacial score (nSPS) is 23.2. The molecule has 0 amide bonds. The van der Waals surface area contributed by atoms with Crippen molar-refractivity contribution in [2.75, 3.05) is 0 Å². The lowest BCUT2D eigenvalue weighted by molar-refractivity contribution is 0.663. The molecule has 2 aromatic rings. The Hall–Kier alpha value is -1.19. The molecular weight excluding hydrogens is 216 g/mol. The van der Waals surface area contributed by atoms with Gasteiger partial charge in [-0.3, -0.25) is 0 Å². The van der Waals surface area contributed by atoms with Crippen molar-refractivity contribution in [2.24, 2.45) is 0 Å². The van der Waals surface area contributed by atoms with E-state index in [9.17, 15) is 0 Å². The molecule has 0 bridgehead atoms. The summed E-state index contributed by atoms with van der Waals surface area (Å²) in [5.74, 6) is 0.708. The second-order valence-electron chi connectivity index (χ2n) is 4.22. The van der Waals surface area contributed by atoms with Crippen LogP contribution >= 0.6 is 11.3 Å². The molecule has 16 heavy (non-hydrogen) atoms. The molecule has 1 saturated carbocycles. The monoisotopic (exact) mass is 230 g/mol. The summed E-state index contributed by atoms with van der Waals surface area (Å²) in [6.07, 6.45) is 1.26. The van der Waals surface area contributed by atoms with E-state index in [1.807, 2.05) is 5.51 Å². The van der Waals surface area contributed by atoms with Gasteiger partial charge in [0.15, 0.2) is 0 Å². The molecule has 1 aromatic carbocycles. The molecule has 2 atom stereocenters. The van der Waals surface area contributed by atoms with E-state index in [0.29, 0.717) is 12.0 Å². The van der Waals surface area contributed by atoms with Gasteiger partial charge in [-0.05, 0) is 12.0 Å². The van der Waals surface area contributed by atoms with Crippen molar-refractivity contribution in [1.82, 2.24) is 10.3 Å². The van der Waals surface area contributed by atoms with Crippen LogP contribution in [-0.2, 0) is 6.54 Å². The molecule has 0 radical (unpaired) electrons. The van der Waals surface area contributed by atoms with Gasteiger partial charge in [-0.15, -0.1) is 11.3 Å². The first-order valence-corrected chi connectivity index (χ1v) is 6.53. The second kappa shape index (κ2) is 4.36. The van der Waals surface area contributed by atoms with Gasteiger partial charge in [0.1, 0.15) is 0 Å². The molecule has 0 saturated heterocycles. The molecule has 0 spiro atoms. The fourth-order valence-electron chi connectivity index (χ4n) is 2.05. The molecule has 1 fully saturated rings. The predicted molar refractivity (Wildman–Crippen MR) is 66.5 cm³/mol. The van der Waals surface area contributed by atoms with Gasteiger partial charge in [0.05, 0.1) is 11.2 Å². The number of nitrogens with one attached hydrogen (secondary N) is 1. The van der Waals surface area contributed by atoms with E-state index in [-0.39, 0.29) is 0 Å². The van der Waals surface area contributed by atoms with Crippen LogP contribution in [0.3, 0.4) is 0 Å². The average molecular weight is 230 g/mol. The third kappa shape index (κ3) is 2.15. The summed E-state index contributed by atoms with van der Waals surface area (Å²) >= 11 is 1.66. The van der Waals surface area contributed by atoms with E-state index < -0.39 is 0 Å². The quantitative estimate of drug-likeness (QED) is 0.873. The van der Waals surface area contributed by atoms with Crippen LogP contribution in [0.25, 0.3) is 0 Å². The highest BCUT2D eigenvalue weighted by atomic mass is 32.1. The maximum atomic E-state index is 4.27. The molecule has 1 N–H and O–H groups in total. The molecule has 0 aliphatic heterocycles. The first-order valence-electron chi connectivity index (χ1n) is 5.59. The summed E-state index contributed by atoms with van der Waals surface area (Å²) in [4.78, 5) is 4.27. The molecular formula is C13H14N2S. The summed E-state index contributed by atoms with van der Waals surface area (Å²) < 4.78 is 0. The van der Waals surface area contributed by atoms with Gasteiger partial charge < -0.3 is 5.32 Å². The highest BCUT2D eigenvalue weighted by Gasteiger charge is 2.37. The lowest BCUT2D eigenvalue weighted by atomic mass is 10.1. The molecule has 1 aliphatic carbocycles. The average Bonchev–Trinajstić information content (AvgIpc) is 2.93. The van der Waals surface area contributed by atoms with Gasteiger partial charge in [0, 0.05) is 23.9 Å². The lowest BCUT2D eigenvalue weighted by Crippen LogP contribution is -2.17. The standard InChI is InChI=1S/C13H14N2S/c1-2-4-10(5-3-1)12-6-13(12)14-7-11-8-16-9-15-11/h1-5,8-9,12-14H,6-7H2. The van der Waals surface area contributed by atoms with Gasteiger partial charge in [-0.2, -0.15) is 0 Å². The zero-order valence-electron chi connectivity index (χ0n) is 8.97. The van der Waals surface area contributed by atoms with Crippen LogP contribution in [0.2, 0.25) is 0 Å². The Balaban J connectivity index is 1.53. The van der Waals surface area contributed by atoms with Crippen LogP contribution in [-0.4, -0.2) is 11.0 Å². The Bertz CT molecular complexity index is 438. The van der Waals surface area contributed by atoms with Crippen LogP contribution < -0.4 is 5.32 Å². The number of benzene rings is 1. The van der Waals surface area contributed by atoms with Crippen molar-refractivity contribution in [2.45, 2.75) is 24.9 Å². The number of hydrogen-bond donors (Lipinski definition) is 1. The minimum atomic E-state index is 0.643. The maximum Gasteiger partial charge on any atom is 0.0795 e. The second-order valence-corrected chi connectivity index (χ2v) is 4.94. The number of thiazole rings is 1. The minimum absolute atomic E-state index is 0.643. The molecule has 3 rings (SSSR count). The highest BCUT2D eigenvalue weighted by Crippen LogP contribution is 2.40. The van der Waals surface area contributed by atoms with Gasteiger partial charge in [-0.1, -0.05) is 30.3 Å². The van der Waals surface area contributed by atoms with Crippen molar-refractivity contribution >= 4 is 11.3 Å². The molecule has 2 nitrogen and oxygen atoms in total. The number of rotatable bonds is 4. The first-order chi connectivity index (χ1) is 7.93. The summed E-state index contributed by atoms with van der Waals surface area (Å²) in [6, 6.07) is 11.4. The zero-order valence-corrected chi connectivity index (χ0v) is 9.78. The Morgan fingerprint density at radius 1 is 1.31 bits per heavy atom. The fraction of sp³-hybridized carbons (Fsp3) is 0.308. The molecule has 3 heteroatoms. The van der Waals surface area contributed by atoms with E-state index in [1.165, 1.54) is 12.0 Å². The maximum absolute atomic E-state index is 4.27. The highest BCUT2D eigenvalue weighted by molar-refractivity contribution is 7.07. The Morgan fingerprint density at radius 3 is 2.94 bits per heavy atom. The van der Waals surface area contributed by atoms with Crippen molar-refractivity contribution in [3.8, 4) is 0 Å². The lowest BCUT2D eigenvalue weighted by Gasteiger charge is -2.02. The van der Waals surface area contributed by atoms with Crippen LogP contribution in [0, 0.1) is 0 Å². The van der Waals surface area contributed by atoms with E-state index in [1.54, 1.807) is 11.3 Å². The summed E-state index contributed by atoms with van der Waals surface area (Å²) in [7, 11) is 0. The molecule has 2 unspecified atom stereocenters. The third-order valence-electron chi connectivity index (χ3n) is 3.05. The van der Waals surface area contributed by atoms with Gasteiger partial charge >= 0.3 is 0 Å². The number of nitrogens with zero attached hydrogens (tertiary/aromatic N) is 1. The van der Waals surface area contributed by atoms with Gasteiger partial charge in [0.2, 0.25) is 0 Å². The van der Waals surface area contributed by atoms with Crippen LogP contribution in [0.1, 0.15) is 23.6 Å². The Morgan fingerprint density at radius 2 is 2.19 bits per heavy atom. The van der Waals surface area contributed by atoms with Crippen molar-refractivity contribution in [1.29, 1.82) is 0 Å². The minimum Gasteiger partial charge on any atom is -0.308 e. The largest absolute Gasteiger partial charge is 0.308 e. The predicted octanol–water partition coefficient (Wildman–Crippen LogP) is 2.79. The first kappa shape index (κ1) is 10.00. The number of aromatic nitrogens is 1. The zero-order chi connectivity index (χ0) is 10.8. The molecule has 1 aliphatic rings. The topological polar surface area (TPSA) is 24.9 Å². The summed E-state index contributed by atoms with van der Waals surface area (Å²) in [5.41, 5.74) is 4.50. The third-order valence-corrected chi connectivity index (χ3v) is 3.68. The molecule has 1 heterocycles. The van der Waals surface area contributed by atoms with Crippen molar-refractivity contribution < 1.29 is 0 Å². The summed E-state index contributed by atoms with van der Waals surface area (Å²) in [5, 5.41) is 5.66. The van der Waals surface area contributed by atoms with E-state index >= 15 is 0 Å². The van der Waals surface area contributed by atoms with E-state index in [0.717, 1.165) is 12.2 Å². The van der Waals surface area contributed by atoms with Gasteiger partial charge in [-0.25, -0.2) is 4.98 Å².